The van der Waals surface area contributed by atoms with Gasteiger partial charge in [-0.3, -0.25) is 9.59 Å². The molecule has 28 heavy (non-hydrogen) atoms. The predicted octanol–water partition coefficient (Wildman–Crippen LogP) is 1.42. The molecule has 9 nitrogen and oxygen atoms in total. The lowest BCUT2D eigenvalue weighted by Gasteiger charge is -2.31. The van der Waals surface area contributed by atoms with Gasteiger partial charge in [0, 0.05) is 25.8 Å². The van der Waals surface area contributed by atoms with Crippen LogP contribution in [0.5, 0.6) is 0 Å². The van der Waals surface area contributed by atoms with Crippen molar-refractivity contribution in [1.82, 2.24) is 30.0 Å². The van der Waals surface area contributed by atoms with Gasteiger partial charge in [-0.25, -0.2) is 14.6 Å². The molecule has 3 aromatic rings. The first-order valence-electron chi connectivity index (χ1n) is 9.11. The van der Waals surface area contributed by atoms with E-state index in [2.05, 4.69) is 20.4 Å². The van der Waals surface area contributed by atoms with Gasteiger partial charge >= 0.3 is 0 Å². The largest absolute Gasteiger partial charge is 0.459 e. The van der Waals surface area contributed by atoms with Crippen molar-refractivity contribution in [3.05, 3.63) is 60.7 Å². The molecule has 3 aromatic heterocycles. The van der Waals surface area contributed by atoms with E-state index in [-0.39, 0.29) is 17.7 Å². The van der Waals surface area contributed by atoms with Gasteiger partial charge in [0.05, 0.1) is 12.2 Å². The number of hydrogen-bond donors (Lipinski definition) is 1. The molecule has 0 radical (unpaired) electrons. The number of rotatable bonds is 5. The molecule has 144 valence electrons. The van der Waals surface area contributed by atoms with Gasteiger partial charge in [-0.05, 0) is 36.6 Å². The van der Waals surface area contributed by atoms with Crippen LogP contribution in [0.3, 0.4) is 0 Å². The monoisotopic (exact) mass is 380 g/mol. The summed E-state index contributed by atoms with van der Waals surface area (Å²) in [5, 5.41) is 6.97. The van der Waals surface area contributed by atoms with Gasteiger partial charge in [0.1, 0.15) is 12.7 Å². The molecule has 0 unspecified atom stereocenters. The first kappa shape index (κ1) is 17.9. The molecule has 1 fully saturated rings. The van der Waals surface area contributed by atoms with Crippen LogP contribution in [-0.4, -0.2) is 49.6 Å². The van der Waals surface area contributed by atoms with Crippen LogP contribution < -0.4 is 5.32 Å². The molecule has 1 N–H and O–H groups in total. The SMILES string of the molecule is O=C(NCc1ccc(-n2cncn2)nc1)[C@H]1CCCN(C(=O)c2ccco2)C1. The lowest BCUT2D eigenvalue weighted by Crippen LogP contribution is -2.45. The highest BCUT2D eigenvalue weighted by atomic mass is 16.3. The summed E-state index contributed by atoms with van der Waals surface area (Å²) < 4.78 is 6.74. The van der Waals surface area contributed by atoms with E-state index < -0.39 is 0 Å². The molecular formula is C19H20N6O3. The molecule has 4 rings (SSSR count). The second-order valence-corrected chi connectivity index (χ2v) is 6.65. The quantitative estimate of drug-likeness (QED) is 0.718. The summed E-state index contributed by atoms with van der Waals surface area (Å²) in [6, 6.07) is 7.03. The molecule has 0 aromatic carbocycles. The summed E-state index contributed by atoms with van der Waals surface area (Å²) in [6.45, 7) is 1.41. The number of nitrogens with zero attached hydrogens (tertiary/aromatic N) is 5. The average Bonchev–Trinajstić information content (AvgIpc) is 3.46. The van der Waals surface area contributed by atoms with Crippen molar-refractivity contribution in [2.45, 2.75) is 19.4 Å². The maximum Gasteiger partial charge on any atom is 0.289 e. The Balaban J connectivity index is 1.31. The fourth-order valence-corrected chi connectivity index (χ4v) is 3.25. The fraction of sp³-hybridized carbons (Fsp3) is 0.316. The van der Waals surface area contributed by atoms with E-state index in [4.69, 9.17) is 4.42 Å². The van der Waals surface area contributed by atoms with Crippen LogP contribution in [0, 0.1) is 5.92 Å². The topological polar surface area (TPSA) is 106 Å². The van der Waals surface area contributed by atoms with Crippen molar-refractivity contribution in [2.75, 3.05) is 13.1 Å². The van der Waals surface area contributed by atoms with Crippen molar-refractivity contribution in [3.63, 3.8) is 0 Å². The Hall–Kier alpha value is -3.49. The first-order valence-corrected chi connectivity index (χ1v) is 9.11. The summed E-state index contributed by atoms with van der Waals surface area (Å²) in [7, 11) is 0. The molecule has 1 saturated heterocycles. The van der Waals surface area contributed by atoms with E-state index in [1.165, 1.54) is 12.6 Å². The highest BCUT2D eigenvalue weighted by Gasteiger charge is 2.29. The van der Waals surface area contributed by atoms with Gasteiger partial charge in [0.25, 0.3) is 5.91 Å². The van der Waals surface area contributed by atoms with Crippen molar-refractivity contribution >= 4 is 11.8 Å². The zero-order chi connectivity index (χ0) is 19.3. The fourth-order valence-electron chi connectivity index (χ4n) is 3.25. The molecule has 1 aliphatic heterocycles. The highest BCUT2D eigenvalue weighted by molar-refractivity contribution is 5.92. The Bertz CT molecular complexity index is 921. The lowest BCUT2D eigenvalue weighted by atomic mass is 9.97. The standard InChI is InChI=1S/C19H20N6O3/c26-18(15-3-1-7-24(11-15)19(27)16-4-2-8-28-16)22-10-14-5-6-17(21-9-14)25-13-20-12-23-25/h2,4-6,8-9,12-13,15H,1,3,7,10-11H2,(H,22,26)/t15-/m0/s1. The minimum absolute atomic E-state index is 0.0581. The summed E-state index contributed by atoms with van der Waals surface area (Å²) in [5.41, 5.74) is 0.886. The number of amides is 2. The molecule has 0 aliphatic carbocycles. The Morgan fingerprint density at radius 3 is 2.93 bits per heavy atom. The van der Waals surface area contributed by atoms with E-state index >= 15 is 0 Å². The minimum Gasteiger partial charge on any atom is -0.459 e. The molecule has 1 aliphatic rings. The highest BCUT2D eigenvalue weighted by Crippen LogP contribution is 2.19. The molecule has 4 heterocycles. The number of carbonyl (C=O) groups is 2. The van der Waals surface area contributed by atoms with Crippen molar-refractivity contribution < 1.29 is 14.0 Å². The number of aromatic nitrogens is 4. The van der Waals surface area contributed by atoms with Crippen LogP contribution >= 0.6 is 0 Å². The number of hydrogen-bond acceptors (Lipinski definition) is 6. The van der Waals surface area contributed by atoms with Crippen LogP contribution in [0.1, 0.15) is 29.0 Å². The number of carbonyl (C=O) groups excluding carboxylic acids is 2. The Kier molecular flexibility index (Phi) is 5.14. The van der Waals surface area contributed by atoms with Crippen LogP contribution in [0.2, 0.25) is 0 Å². The van der Waals surface area contributed by atoms with Crippen molar-refractivity contribution in [3.8, 4) is 5.82 Å². The van der Waals surface area contributed by atoms with Gasteiger partial charge in [-0.15, -0.1) is 0 Å². The smallest absolute Gasteiger partial charge is 0.289 e. The van der Waals surface area contributed by atoms with E-state index in [1.807, 2.05) is 12.1 Å². The zero-order valence-corrected chi connectivity index (χ0v) is 15.2. The van der Waals surface area contributed by atoms with Crippen LogP contribution in [-0.2, 0) is 11.3 Å². The second kappa shape index (κ2) is 8.03. The summed E-state index contributed by atoms with van der Waals surface area (Å²) in [6.07, 6.45) is 7.74. The maximum atomic E-state index is 12.6. The van der Waals surface area contributed by atoms with Crippen LogP contribution in [0.15, 0.2) is 53.8 Å². The van der Waals surface area contributed by atoms with Gasteiger partial charge < -0.3 is 14.6 Å². The van der Waals surface area contributed by atoms with Crippen LogP contribution in [0.25, 0.3) is 5.82 Å². The number of nitrogens with one attached hydrogen (secondary N) is 1. The summed E-state index contributed by atoms with van der Waals surface area (Å²) in [5.74, 6) is 0.509. The normalized spacial score (nSPS) is 16.7. The van der Waals surface area contributed by atoms with Crippen molar-refractivity contribution in [2.24, 2.45) is 5.92 Å². The third kappa shape index (κ3) is 3.93. The molecule has 0 spiro atoms. The molecule has 1 atom stereocenters. The van der Waals surface area contributed by atoms with Gasteiger partial charge in [0.15, 0.2) is 11.6 Å². The van der Waals surface area contributed by atoms with Crippen LogP contribution in [0.4, 0.5) is 0 Å². The zero-order valence-electron chi connectivity index (χ0n) is 15.2. The second-order valence-electron chi connectivity index (χ2n) is 6.65. The Labute approximate surface area is 161 Å². The minimum atomic E-state index is -0.227. The number of piperidine rings is 1. The van der Waals surface area contributed by atoms with E-state index in [9.17, 15) is 9.59 Å². The van der Waals surface area contributed by atoms with Gasteiger partial charge in [-0.1, -0.05) is 6.07 Å². The Morgan fingerprint density at radius 2 is 2.21 bits per heavy atom. The maximum absolute atomic E-state index is 12.6. The molecule has 2 amide bonds. The van der Waals surface area contributed by atoms with Gasteiger partial charge in [0.2, 0.25) is 5.91 Å². The van der Waals surface area contributed by atoms with E-state index in [0.717, 1.165) is 18.4 Å². The number of pyridine rings is 1. The lowest BCUT2D eigenvalue weighted by molar-refractivity contribution is -0.126. The van der Waals surface area contributed by atoms with Gasteiger partial charge in [-0.2, -0.15) is 5.10 Å². The Morgan fingerprint density at radius 1 is 1.29 bits per heavy atom. The first-order chi connectivity index (χ1) is 13.7. The predicted molar refractivity (Wildman–Crippen MR) is 98.3 cm³/mol. The third-order valence-corrected chi connectivity index (χ3v) is 4.74. The number of likely N-dealkylation sites (tertiary alicyclic amines) is 1. The molecule has 0 bridgehead atoms. The van der Waals surface area contributed by atoms with Crippen molar-refractivity contribution in [1.29, 1.82) is 0 Å². The third-order valence-electron chi connectivity index (χ3n) is 4.74. The molecular weight excluding hydrogens is 360 g/mol. The molecule has 9 heteroatoms. The molecule has 0 saturated carbocycles. The summed E-state index contributed by atoms with van der Waals surface area (Å²) >= 11 is 0. The average molecular weight is 380 g/mol. The summed E-state index contributed by atoms with van der Waals surface area (Å²) in [4.78, 5) is 34.9. The number of furan rings is 1. The van der Waals surface area contributed by atoms with E-state index in [1.54, 1.807) is 34.2 Å². The van der Waals surface area contributed by atoms with E-state index in [0.29, 0.717) is 31.2 Å².